The first kappa shape index (κ1) is 17.9. The summed E-state index contributed by atoms with van der Waals surface area (Å²) < 4.78 is 6.63. The molecule has 3 rings (SSSR count). The summed E-state index contributed by atoms with van der Waals surface area (Å²) in [6.45, 7) is 2.19. The molecule has 2 aromatic heterocycles. The summed E-state index contributed by atoms with van der Waals surface area (Å²) in [5.74, 6) is 0.457. The Morgan fingerprint density at radius 1 is 1.23 bits per heavy atom. The minimum Gasteiger partial charge on any atom is -0.463 e. The van der Waals surface area contributed by atoms with E-state index in [4.69, 9.17) is 16.0 Å². The molecule has 0 radical (unpaired) electrons. The highest BCUT2D eigenvalue weighted by Gasteiger charge is 2.09. The fourth-order valence-corrected chi connectivity index (χ4v) is 2.68. The second kappa shape index (κ2) is 8.01. The zero-order valence-electron chi connectivity index (χ0n) is 14.2. The molecule has 0 bridgehead atoms. The topological polar surface area (TPSA) is 77.1 Å². The second-order valence-electron chi connectivity index (χ2n) is 5.82. The summed E-state index contributed by atoms with van der Waals surface area (Å²) in [4.78, 5) is 24.1. The van der Waals surface area contributed by atoms with E-state index >= 15 is 0 Å². The number of furan rings is 1. The van der Waals surface area contributed by atoms with Crippen LogP contribution in [0.2, 0.25) is 5.02 Å². The molecule has 0 aliphatic carbocycles. The number of hydrogen-bond acceptors (Lipinski definition) is 4. The van der Waals surface area contributed by atoms with Gasteiger partial charge in [-0.3, -0.25) is 9.59 Å². The lowest BCUT2D eigenvalue weighted by atomic mass is 10.2. The zero-order chi connectivity index (χ0) is 18.5. The molecule has 1 aromatic carbocycles. The number of halogens is 1. The van der Waals surface area contributed by atoms with Crippen LogP contribution in [0.3, 0.4) is 0 Å². The summed E-state index contributed by atoms with van der Waals surface area (Å²) in [6.07, 6.45) is 2.31. The third-order valence-electron chi connectivity index (χ3n) is 3.96. The number of hydrogen-bond donors (Lipinski definition) is 1. The Morgan fingerprint density at radius 2 is 2.08 bits per heavy atom. The molecule has 1 N–H and O–H groups in total. The van der Waals surface area contributed by atoms with Gasteiger partial charge in [0.25, 0.3) is 5.56 Å². The van der Waals surface area contributed by atoms with Crippen molar-refractivity contribution in [1.82, 2.24) is 9.78 Å². The molecule has 0 saturated carbocycles. The van der Waals surface area contributed by atoms with E-state index in [2.05, 4.69) is 10.4 Å². The fraction of sp³-hybridized carbons (Fsp3) is 0.211. The van der Waals surface area contributed by atoms with Crippen LogP contribution in [0.5, 0.6) is 0 Å². The van der Waals surface area contributed by atoms with Crippen LogP contribution in [0.15, 0.2) is 57.9 Å². The van der Waals surface area contributed by atoms with Gasteiger partial charge < -0.3 is 9.73 Å². The highest BCUT2D eigenvalue weighted by Crippen LogP contribution is 2.23. The van der Waals surface area contributed by atoms with Gasteiger partial charge in [-0.15, -0.1) is 0 Å². The van der Waals surface area contributed by atoms with Gasteiger partial charge in [-0.25, -0.2) is 4.68 Å². The van der Waals surface area contributed by atoms with Crippen LogP contribution in [-0.4, -0.2) is 15.7 Å². The average Bonchev–Trinajstić information content (AvgIpc) is 3.15. The van der Waals surface area contributed by atoms with Crippen LogP contribution in [-0.2, 0) is 11.3 Å². The van der Waals surface area contributed by atoms with E-state index in [0.717, 1.165) is 5.56 Å². The Labute approximate surface area is 155 Å². The predicted molar refractivity (Wildman–Crippen MR) is 100 cm³/mol. The molecule has 0 spiro atoms. The van der Waals surface area contributed by atoms with Crippen LogP contribution in [0.25, 0.3) is 11.5 Å². The van der Waals surface area contributed by atoms with E-state index in [9.17, 15) is 9.59 Å². The fourth-order valence-electron chi connectivity index (χ4n) is 2.51. The number of nitrogens with zero attached hydrogens (tertiary/aromatic N) is 2. The second-order valence-corrected chi connectivity index (χ2v) is 6.23. The van der Waals surface area contributed by atoms with Crippen molar-refractivity contribution in [3.8, 4) is 11.5 Å². The van der Waals surface area contributed by atoms with Gasteiger partial charge in [0, 0.05) is 29.7 Å². The summed E-state index contributed by atoms with van der Waals surface area (Å²) >= 11 is 6.05. The Hall–Kier alpha value is -2.86. The van der Waals surface area contributed by atoms with Gasteiger partial charge in [-0.2, -0.15) is 5.10 Å². The maximum atomic E-state index is 12.1. The third kappa shape index (κ3) is 4.21. The number of rotatable bonds is 6. The number of amides is 1. The summed E-state index contributed by atoms with van der Waals surface area (Å²) in [6, 6.07) is 12.0. The molecular formula is C19H18ClN3O3. The number of aryl methyl sites for hydroxylation is 1. The van der Waals surface area contributed by atoms with Gasteiger partial charge in [-0.1, -0.05) is 17.7 Å². The van der Waals surface area contributed by atoms with Crippen molar-refractivity contribution in [2.45, 2.75) is 26.3 Å². The molecule has 0 aliphatic rings. The summed E-state index contributed by atoms with van der Waals surface area (Å²) in [7, 11) is 0. The Bertz CT molecular complexity index is 964. The standard InChI is InChI=1S/C19H18ClN3O3/c1-13-14(20)5-2-6-15(13)21-18(24)8-3-11-23-19(25)10-9-16(22-23)17-7-4-12-26-17/h2,4-7,9-10,12H,3,8,11H2,1H3,(H,21,24). The quantitative estimate of drug-likeness (QED) is 0.713. The van der Waals surface area contributed by atoms with E-state index in [1.807, 2.05) is 6.92 Å². The van der Waals surface area contributed by atoms with Gasteiger partial charge in [-0.05, 0) is 49.2 Å². The number of benzene rings is 1. The van der Waals surface area contributed by atoms with Gasteiger partial charge in [0.05, 0.1) is 6.26 Å². The largest absolute Gasteiger partial charge is 0.463 e. The molecule has 2 heterocycles. The maximum Gasteiger partial charge on any atom is 0.266 e. The minimum absolute atomic E-state index is 0.134. The van der Waals surface area contributed by atoms with Crippen molar-refractivity contribution in [2.75, 3.05) is 5.32 Å². The maximum absolute atomic E-state index is 12.1. The van der Waals surface area contributed by atoms with Gasteiger partial charge in [0.2, 0.25) is 5.91 Å². The molecule has 0 aliphatic heterocycles. The molecular weight excluding hydrogens is 354 g/mol. The summed E-state index contributed by atoms with van der Waals surface area (Å²) in [5.41, 5.74) is 1.88. The Morgan fingerprint density at radius 3 is 2.85 bits per heavy atom. The molecule has 1 amide bonds. The van der Waals surface area contributed by atoms with Gasteiger partial charge in [0.1, 0.15) is 5.69 Å². The van der Waals surface area contributed by atoms with Crippen LogP contribution in [0, 0.1) is 6.92 Å². The minimum atomic E-state index is -0.216. The molecule has 134 valence electrons. The van der Waals surface area contributed by atoms with Crippen LogP contribution >= 0.6 is 11.6 Å². The van der Waals surface area contributed by atoms with E-state index in [1.165, 1.54) is 10.7 Å². The third-order valence-corrected chi connectivity index (χ3v) is 4.37. The monoisotopic (exact) mass is 371 g/mol. The van der Waals surface area contributed by atoms with Crippen molar-refractivity contribution >= 4 is 23.2 Å². The number of anilines is 1. The van der Waals surface area contributed by atoms with Crippen LogP contribution in [0.4, 0.5) is 5.69 Å². The normalized spacial score (nSPS) is 10.7. The van der Waals surface area contributed by atoms with Crippen LogP contribution < -0.4 is 10.9 Å². The number of carbonyl (C=O) groups is 1. The average molecular weight is 372 g/mol. The molecule has 0 saturated heterocycles. The molecule has 6 nitrogen and oxygen atoms in total. The first-order valence-corrected chi connectivity index (χ1v) is 8.59. The lowest BCUT2D eigenvalue weighted by Crippen LogP contribution is -2.23. The highest BCUT2D eigenvalue weighted by atomic mass is 35.5. The van der Waals surface area contributed by atoms with Crippen molar-refractivity contribution in [2.24, 2.45) is 0 Å². The van der Waals surface area contributed by atoms with E-state index in [-0.39, 0.29) is 17.9 Å². The SMILES string of the molecule is Cc1c(Cl)cccc1NC(=O)CCCn1nc(-c2ccco2)ccc1=O. The molecule has 0 unspecified atom stereocenters. The molecule has 0 atom stereocenters. The van der Waals surface area contributed by atoms with E-state index in [1.54, 1.807) is 42.7 Å². The zero-order valence-corrected chi connectivity index (χ0v) is 15.0. The molecule has 3 aromatic rings. The summed E-state index contributed by atoms with van der Waals surface area (Å²) in [5, 5.41) is 7.73. The van der Waals surface area contributed by atoms with Gasteiger partial charge >= 0.3 is 0 Å². The molecule has 7 heteroatoms. The molecule has 26 heavy (non-hydrogen) atoms. The van der Waals surface area contributed by atoms with Crippen molar-refractivity contribution < 1.29 is 9.21 Å². The number of aromatic nitrogens is 2. The van der Waals surface area contributed by atoms with Crippen molar-refractivity contribution in [3.05, 3.63) is 69.7 Å². The highest BCUT2D eigenvalue weighted by molar-refractivity contribution is 6.31. The Kier molecular flexibility index (Phi) is 5.53. The lowest BCUT2D eigenvalue weighted by molar-refractivity contribution is -0.116. The number of nitrogens with one attached hydrogen (secondary N) is 1. The van der Waals surface area contributed by atoms with Crippen LogP contribution in [0.1, 0.15) is 18.4 Å². The Balaban J connectivity index is 1.59. The van der Waals surface area contributed by atoms with E-state index in [0.29, 0.717) is 35.1 Å². The smallest absolute Gasteiger partial charge is 0.266 e. The predicted octanol–water partition coefficient (Wildman–Crippen LogP) is 3.88. The number of carbonyl (C=O) groups excluding carboxylic acids is 1. The first-order chi connectivity index (χ1) is 12.5. The van der Waals surface area contributed by atoms with Crippen molar-refractivity contribution in [1.29, 1.82) is 0 Å². The van der Waals surface area contributed by atoms with Crippen molar-refractivity contribution in [3.63, 3.8) is 0 Å². The lowest BCUT2D eigenvalue weighted by Gasteiger charge is -2.10. The molecule has 0 fully saturated rings. The van der Waals surface area contributed by atoms with E-state index < -0.39 is 0 Å². The first-order valence-electron chi connectivity index (χ1n) is 8.21. The van der Waals surface area contributed by atoms with Gasteiger partial charge in [0.15, 0.2) is 5.76 Å².